The van der Waals surface area contributed by atoms with Crippen LogP contribution in [-0.4, -0.2) is 36.4 Å². The molecular formula is C68H126O5. The maximum atomic E-state index is 12.3. The fourth-order valence-electron chi connectivity index (χ4n) is 10.0. The molecule has 1 atom stereocenters. The van der Waals surface area contributed by atoms with Crippen LogP contribution < -0.4 is 0 Å². The van der Waals surface area contributed by atoms with E-state index in [9.17, 15) is 14.7 Å². The summed E-state index contributed by atoms with van der Waals surface area (Å²) in [6, 6.07) is 0. The van der Waals surface area contributed by atoms with Gasteiger partial charge in [0.25, 0.3) is 0 Å². The maximum Gasteiger partial charge on any atom is 0.306 e. The van der Waals surface area contributed by atoms with Crippen LogP contribution in [-0.2, 0) is 19.1 Å². The zero-order chi connectivity index (χ0) is 52.7. The summed E-state index contributed by atoms with van der Waals surface area (Å²) in [5.41, 5.74) is 0. The number of rotatable bonds is 61. The van der Waals surface area contributed by atoms with Gasteiger partial charge in [-0.25, -0.2) is 0 Å². The molecule has 0 aromatic carbocycles. The molecule has 1 unspecified atom stereocenters. The Morgan fingerprint density at radius 1 is 0.329 bits per heavy atom. The van der Waals surface area contributed by atoms with Gasteiger partial charge in [0, 0.05) is 12.8 Å². The van der Waals surface area contributed by atoms with Crippen LogP contribution in [0.4, 0.5) is 0 Å². The molecular weight excluding hydrogens is 897 g/mol. The average Bonchev–Trinajstić information content (AvgIpc) is 3.39. The summed E-state index contributed by atoms with van der Waals surface area (Å²) in [7, 11) is 0. The third-order valence-electron chi connectivity index (χ3n) is 14.9. The quantitative estimate of drug-likeness (QED) is 0.0373. The second kappa shape index (κ2) is 64.1. The van der Waals surface area contributed by atoms with Crippen molar-refractivity contribution < 1.29 is 24.2 Å². The Morgan fingerprint density at radius 3 is 0.890 bits per heavy atom. The first kappa shape index (κ1) is 70.9. The van der Waals surface area contributed by atoms with Gasteiger partial charge < -0.3 is 14.6 Å². The summed E-state index contributed by atoms with van der Waals surface area (Å²) in [4.78, 5) is 24.6. The topological polar surface area (TPSA) is 72.8 Å². The van der Waals surface area contributed by atoms with Crippen LogP contribution in [0, 0.1) is 0 Å². The van der Waals surface area contributed by atoms with Crippen molar-refractivity contribution >= 4 is 11.9 Å². The van der Waals surface area contributed by atoms with Crippen molar-refractivity contribution in [3.8, 4) is 0 Å². The average molecular weight is 1020 g/mol. The normalized spacial score (nSPS) is 12.4. The van der Waals surface area contributed by atoms with Gasteiger partial charge in [-0.1, -0.05) is 339 Å². The zero-order valence-corrected chi connectivity index (χ0v) is 49.2. The minimum Gasteiger partial charge on any atom is -0.462 e. The second-order valence-corrected chi connectivity index (χ2v) is 22.2. The molecule has 73 heavy (non-hydrogen) atoms. The molecule has 0 rings (SSSR count). The third kappa shape index (κ3) is 62.3. The van der Waals surface area contributed by atoms with Crippen LogP contribution >= 0.6 is 0 Å². The molecule has 1 N–H and O–H groups in total. The van der Waals surface area contributed by atoms with Crippen molar-refractivity contribution in [1.82, 2.24) is 0 Å². The van der Waals surface area contributed by atoms with Gasteiger partial charge in [-0.05, 0) is 51.4 Å². The number of carbonyl (C=O) groups is 2. The van der Waals surface area contributed by atoms with Crippen molar-refractivity contribution in [1.29, 1.82) is 0 Å². The van der Waals surface area contributed by atoms with Gasteiger partial charge in [0.1, 0.15) is 6.61 Å². The van der Waals surface area contributed by atoms with Gasteiger partial charge in [-0.15, -0.1) is 0 Å². The molecule has 0 saturated carbocycles. The predicted octanol–water partition coefficient (Wildman–Crippen LogP) is 22.4. The monoisotopic (exact) mass is 1020 g/mol. The molecule has 0 fully saturated rings. The molecule has 0 aliphatic rings. The Balaban J connectivity index is 3.38. The summed E-state index contributed by atoms with van der Waals surface area (Å²) in [6.07, 6.45) is 85.7. The molecule has 0 aromatic rings. The largest absolute Gasteiger partial charge is 0.462 e. The molecule has 0 spiro atoms. The Hall–Kier alpha value is -2.14. The number of unbranched alkanes of at least 4 members (excludes halogenated alkanes) is 45. The van der Waals surface area contributed by atoms with Crippen molar-refractivity contribution in [3.05, 3.63) is 48.6 Å². The zero-order valence-electron chi connectivity index (χ0n) is 49.2. The first-order valence-corrected chi connectivity index (χ1v) is 32.7. The summed E-state index contributed by atoms with van der Waals surface area (Å²) in [6.45, 7) is 4.07. The van der Waals surface area contributed by atoms with E-state index in [4.69, 9.17) is 9.47 Å². The lowest BCUT2D eigenvalue weighted by atomic mass is 10.0. The third-order valence-corrected chi connectivity index (χ3v) is 14.9. The Labute approximate surface area is 456 Å². The van der Waals surface area contributed by atoms with Crippen LogP contribution in [0.3, 0.4) is 0 Å². The fraction of sp³-hybridized carbons (Fsp3) is 0.853. The highest BCUT2D eigenvalue weighted by Gasteiger charge is 2.16. The Bertz CT molecular complexity index is 1200. The summed E-state index contributed by atoms with van der Waals surface area (Å²) in [5.74, 6) is -0.585. The van der Waals surface area contributed by atoms with Crippen LogP contribution in [0.15, 0.2) is 48.6 Å². The van der Waals surface area contributed by atoms with Gasteiger partial charge in [-0.3, -0.25) is 9.59 Å². The highest BCUT2D eigenvalue weighted by atomic mass is 16.6. The molecule has 428 valence electrons. The van der Waals surface area contributed by atoms with E-state index < -0.39 is 6.10 Å². The minimum atomic E-state index is -0.777. The first-order valence-electron chi connectivity index (χ1n) is 32.7. The highest BCUT2D eigenvalue weighted by Crippen LogP contribution is 2.19. The predicted molar refractivity (Wildman–Crippen MR) is 321 cm³/mol. The van der Waals surface area contributed by atoms with E-state index in [2.05, 4.69) is 62.5 Å². The summed E-state index contributed by atoms with van der Waals surface area (Å²) >= 11 is 0. The van der Waals surface area contributed by atoms with Crippen LogP contribution in [0.25, 0.3) is 0 Å². The van der Waals surface area contributed by atoms with Crippen molar-refractivity contribution in [2.24, 2.45) is 0 Å². The van der Waals surface area contributed by atoms with Gasteiger partial charge in [0.05, 0.1) is 6.61 Å². The SMILES string of the molecule is CC/C=C\C/C=C\C/C=C\C/C=C\CCCCCCCCCCC(=O)OC(CO)COC(=O)CCCCCCCCCCCCCCCCCCCCCCCCCCCCCCCCCCCCCCCC. The number of hydrogen-bond donors (Lipinski definition) is 1. The van der Waals surface area contributed by atoms with Gasteiger partial charge >= 0.3 is 11.9 Å². The standard InChI is InChI=1S/C68H126O5/c1-3-5-7-9-11-13-15-17-19-21-23-25-26-27-28-29-30-31-32-33-34-35-36-37-38-39-40-41-43-44-46-48-50-52-54-56-58-60-62-67(70)72-65-66(64-69)73-68(71)63-61-59-57-55-53-51-49-47-45-42-24-22-20-18-16-14-12-10-8-6-4-2/h6,8,12,14,18,20,24,42,66,69H,3-5,7,9-11,13,15-17,19,21-23,25-41,43-65H2,1-2H3/b8-6-,14-12-,20-18-,42-24-. The van der Waals surface area contributed by atoms with Crippen LogP contribution in [0.2, 0.25) is 0 Å². The number of ether oxygens (including phenoxy) is 2. The van der Waals surface area contributed by atoms with E-state index in [1.807, 2.05) is 0 Å². The molecule has 0 aliphatic heterocycles. The first-order chi connectivity index (χ1) is 36.1. The van der Waals surface area contributed by atoms with Gasteiger partial charge in [-0.2, -0.15) is 0 Å². The van der Waals surface area contributed by atoms with Crippen molar-refractivity contribution in [2.45, 2.75) is 360 Å². The molecule has 0 aromatic heterocycles. The number of hydrogen-bond acceptors (Lipinski definition) is 5. The van der Waals surface area contributed by atoms with E-state index in [0.29, 0.717) is 12.8 Å². The van der Waals surface area contributed by atoms with E-state index in [0.717, 1.165) is 70.6 Å². The van der Waals surface area contributed by atoms with Crippen molar-refractivity contribution in [2.75, 3.05) is 13.2 Å². The molecule has 0 aliphatic carbocycles. The van der Waals surface area contributed by atoms with Crippen molar-refractivity contribution in [3.63, 3.8) is 0 Å². The lowest BCUT2D eigenvalue weighted by Crippen LogP contribution is -2.28. The lowest BCUT2D eigenvalue weighted by molar-refractivity contribution is -0.161. The van der Waals surface area contributed by atoms with Gasteiger partial charge in [0.15, 0.2) is 6.10 Å². The molecule has 0 radical (unpaired) electrons. The maximum absolute atomic E-state index is 12.3. The Morgan fingerprint density at radius 2 is 0.589 bits per heavy atom. The van der Waals surface area contributed by atoms with E-state index in [-0.39, 0.29) is 25.2 Å². The molecule has 0 amide bonds. The number of aliphatic hydroxyl groups is 1. The summed E-state index contributed by atoms with van der Waals surface area (Å²) in [5, 5.41) is 9.67. The van der Waals surface area contributed by atoms with E-state index in [1.54, 1.807) is 0 Å². The van der Waals surface area contributed by atoms with Gasteiger partial charge in [0.2, 0.25) is 0 Å². The molecule has 5 heteroatoms. The summed E-state index contributed by atoms with van der Waals surface area (Å²) < 4.78 is 10.7. The lowest BCUT2D eigenvalue weighted by Gasteiger charge is -2.15. The molecule has 0 bridgehead atoms. The molecule has 5 nitrogen and oxygen atoms in total. The Kier molecular flexibility index (Phi) is 62.3. The van der Waals surface area contributed by atoms with Crippen LogP contribution in [0.5, 0.6) is 0 Å². The number of aliphatic hydroxyl groups excluding tert-OH is 1. The van der Waals surface area contributed by atoms with Crippen LogP contribution in [0.1, 0.15) is 354 Å². The second-order valence-electron chi connectivity index (χ2n) is 22.2. The smallest absolute Gasteiger partial charge is 0.306 e. The van der Waals surface area contributed by atoms with E-state index in [1.165, 1.54) is 257 Å². The highest BCUT2D eigenvalue weighted by molar-refractivity contribution is 5.70. The number of esters is 2. The molecule has 0 heterocycles. The minimum absolute atomic E-state index is 0.0664. The number of allylic oxidation sites excluding steroid dienone is 8. The van der Waals surface area contributed by atoms with E-state index >= 15 is 0 Å². The molecule has 0 saturated heterocycles. The fourth-order valence-corrected chi connectivity index (χ4v) is 10.0. The number of carbonyl (C=O) groups excluding carboxylic acids is 2.